The minimum absolute atomic E-state index is 0.0782. The lowest BCUT2D eigenvalue weighted by Gasteiger charge is -2.10. The second-order valence-corrected chi connectivity index (χ2v) is 5.84. The number of aromatic nitrogens is 4. The lowest BCUT2D eigenvalue weighted by molar-refractivity contribution is 0.0955. The Morgan fingerprint density at radius 1 is 1.15 bits per heavy atom. The Morgan fingerprint density at radius 3 is 2.65 bits per heavy atom. The Labute approximate surface area is 152 Å². The molecular weight excluding hydrogens is 328 g/mol. The predicted octanol–water partition coefficient (Wildman–Crippen LogP) is 2.38. The quantitative estimate of drug-likeness (QED) is 0.639. The van der Waals surface area contributed by atoms with E-state index in [4.69, 9.17) is 0 Å². The number of hydrogen-bond donors (Lipinski definition) is 2. The van der Waals surface area contributed by atoms with Crippen LogP contribution >= 0.6 is 0 Å². The molecule has 0 aliphatic rings. The molecule has 1 amide bonds. The van der Waals surface area contributed by atoms with Gasteiger partial charge in [0, 0.05) is 37.1 Å². The fourth-order valence-corrected chi connectivity index (χ4v) is 2.52. The monoisotopic (exact) mass is 350 g/mol. The summed E-state index contributed by atoms with van der Waals surface area (Å²) in [6, 6.07) is 11.3. The van der Waals surface area contributed by atoms with Crippen LogP contribution in [0.3, 0.4) is 0 Å². The van der Waals surface area contributed by atoms with Crippen molar-refractivity contribution in [2.45, 2.75) is 20.3 Å². The highest BCUT2D eigenvalue weighted by atomic mass is 16.1. The van der Waals surface area contributed by atoms with Crippen LogP contribution in [0.15, 0.2) is 48.8 Å². The number of carbonyl (C=O) groups excluding carboxylic acids is 1. The molecule has 0 atom stereocenters. The molecule has 2 heterocycles. The van der Waals surface area contributed by atoms with Gasteiger partial charge in [-0.25, -0.2) is 14.6 Å². The van der Waals surface area contributed by atoms with Crippen LogP contribution in [0.2, 0.25) is 0 Å². The van der Waals surface area contributed by atoms with Crippen LogP contribution < -0.4 is 10.6 Å². The molecule has 3 aromatic rings. The summed E-state index contributed by atoms with van der Waals surface area (Å²) in [4.78, 5) is 20.9. The summed E-state index contributed by atoms with van der Waals surface area (Å²) in [6.07, 6.45) is 4.49. The van der Waals surface area contributed by atoms with E-state index in [-0.39, 0.29) is 5.91 Å². The Kier molecular flexibility index (Phi) is 5.58. The largest absolute Gasteiger partial charge is 0.368 e. The predicted molar refractivity (Wildman–Crippen MR) is 101 cm³/mol. The number of aryl methyl sites for hydroxylation is 2. The minimum atomic E-state index is -0.0782. The highest BCUT2D eigenvalue weighted by Gasteiger charge is 2.06. The average molecular weight is 350 g/mol. The third-order valence-electron chi connectivity index (χ3n) is 3.90. The zero-order chi connectivity index (χ0) is 18.4. The molecule has 0 fully saturated rings. The second-order valence-electron chi connectivity index (χ2n) is 5.84. The summed E-state index contributed by atoms with van der Waals surface area (Å²) in [5.74, 6) is 1.97. The zero-order valence-corrected chi connectivity index (χ0v) is 14.9. The van der Waals surface area contributed by atoms with E-state index in [1.807, 2.05) is 49.5 Å². The van der Waals surface area contributed by atoms with Crippen LogP contribution in [0.1, 0.15) is 28.7 Å². The van der Waals surface area contributed by atoms with Crippen LogP contribution in [0.4, 0.5) is 5.82 Å². The van der Waals surface area contributed by atoms with Crippen LogP contribution in [-0.2, 0) is 6.42 Å². The number of rotatable bonds is 7. The van der Waals surface area contributed by atoms with Crippen LogP contribution in [0.5, 0.6) is 0 Å². The number of anilines is 1. The van der Waals surface area contributed by atoms with Crippen LogP contribution in [-0.4, -0.2) is 38.7 Å². The second kappa shape index (κ2) is 8.24. The number of carbonyl (C=O) groups is 1. The van der Waals surface area contributed by atoms with Gasteiger partial charge in [0.2, 0.25) is 0 Å². The number of amides is 1. The zero-order valence-electron chi connectivity index (χ0n) is 14.9. The van der Waals surface area contributed by atoms with Gasteiger partial charge in [-0.1, -0.05) is 19.1 Å². The molecule has 7 heteroatoms. The SMILES string of the molecule is CCc1ccc(C(=O)NCCNc2cc(-n3cccn3)nc(C)n2)cc1. The van der Waals surface area contributed by atoms with Crippen molar-refractivity contribution in [3.05, 3.63) is 65.7 Å². The molecule has 2 aromatic heterocycles. The van der Waals surface area contributed by atoms with Crippen LogP contribution in [0.25, 0.3) is 5.82 Å². The molecule has 1 aromatic carbocycles. The number of hydrogen-bond acceptors (Lipinski definition) is 5. The van der Waals surface area contributed by atoms with Crippen molar-refractivity contribution in [1.29, 1.82) is 0 Å². The molecule has 0 spiro atoms. The number of nitrogens with zero attached hydrogens (tertiary/aromatic N) is 4. The van der Waals surface area contributed by atoms with Crippen molar-refractivity contribution in [2.75, 3.05) is 18.4 Å². The van der Waals surface area contributed by atoms with E-state index in [1.165, 1.54) is 5.56 Å². The first-order valence-corrected chi connectivity index (χ1v) is 8.62. The van der Waals surface area contributed by atoms with Gasteiger partial charge in [0.15, 0.2) is 5.82 Å². The Hall–Kier alpha value is -3.22. The Bertz CT molecular complexity index is 858. The molecule has 0 aliphatic heterocycles. The lowest BCUT2D eigenvalue weighted by atomic mass is 10.1. The van der Waals surface area contributed by atoms with Gasteiger partial charge >= 0.3 is 0 Å². The third kappa shape index (κ3) is 4.44. The van der Waals surface area contributed by atoms with Gasteiger partial charge in [-0.15, -0.1) is 0 Å². The van der Waals surface area contributed by atoms with Crippen molar-refractivity contribution >= 4 is 11.7 Å². The Balaban J connectivity index is 1.52. The van der Waals surface area contributed by atoms with E-state index >= 15 is 0 Å². The Morgan fingerprint density at radius 2 is 1.96 bits per heavy atom. The summed E-state index contributed by atoms with van der Waals surface area (Å²) < 4.78 is 1.68. The maximum atomic E-state index is 12.1. The first kappa shape index (κ1) is 17.6. The first-order valence-electron chi connectivity index (χ1n) is 8.62. The number of nitrogens with one attached hydrogen (secondary N) is 2. The first-order chi connectivity index (χ1) is 12.7. The summed E-state index contributed by atoms with van der Waals surface area (Å²) in [5, 5.41) is 10.3. The smallest absolute Gasteiger partial charge is 0.251 e. The summed E-state index contributed by atoms with van der Waals surface area (Å²) in [6.45, 7) is 4.98. The summed E-state index contributed by atoms with van der Waals surface area (Å²) >= 11 is 0. The molecular formula is C19H22N6O. The fourth-order valence-electron chi connectivity index (χ4n) is 2.52. The molecule has 0 saturated heterocycles. The van der Waals surface area contributed by atoms with E-state index < -0.39 is 0 Å². The van der Waals surface area contributed by atoms with E-state index in [2.05, 4.69) is 32.6 Å². The van der Waals surface area contributed by atoms with Crippen molar-refractivity contribution in [3.8, 4) is 5.82 Å². The molecule has 26 heavy (non-hydrogen) atoms. The standard InChI is InChI=1S/C19H22N6O/c1-3-15-5-7-16(8-6-15)19(26)21-11-10-20-17-13-18(24-14(2)23-17)25-12-4-9-22-25/h4-9,12-13H,3,10-11H2,1-2H3,(H,21,26)(H,20,23,24). The van der Waals surface area contributed by atoms with E-state index in [9.17, 15) is 4.79 Å². The molecule has 0 radical (unpaired) electrons. The van der Waals surface area contributed by atoms with Gasteiger partial charge in [-0.05, 0) is 37.1 Å². The van der Waals surface area contributed by atoms with Gasteiger partial charge in [-0.3, -0.25) is 4.79 Å². The lowest BCUT2D eigenvalue weighted by Crippen LogP contribution is -2.29. The van der Waals surface area contributed by atoms with E-state index in [0.29, 0.717) is 36.1 Å². The third-order valence-corrected chi connectivity index (χ3v) is 3.90. The highest BCUT2D eigenvalue weighted by Crippen LogP contribution is 2.10. The molecule has 7 nitrogen and oxygen atoms in total. The van der Waals surface area contributed by atoms with E-state index in [1.54, 1.807) is 10.9 Å². The maximum Gasteiger partial charge on any atom is 0.251 e. The van der Waals surface area contributed by atoms with Crippen molar-refractivity contribution in [2.24, 2.45) is 0 Å². The molecule has 0 saturated carbocycles. The number of benzene rings is 1. The average Bonchev–Trinajstić information content (AvgIpc) is 3.19. The molecule has 2 N–H and O–H groups in total. The topological polar surface area (TPSA) is 84.7 Å². The summed E-state index contributed by atoms with van der Waals surface area (Å²) in [5.41, 5.74) is 1.89. The van der Waals surface area contributed by atoms with Gasteiger partial charge < -0.3 is 10.6 Å². The van der Waals surface area contributed by atoms with Gasteiger partial charge in [0.25, 0.3) is 5.91 Å². The fraction of sp³-hybridized carbons (Fsp3) is 0.263. The van der Waals surface area contributed by atoms with Gasteiger partial charge in [-0.2, -0.15) is 5.10 Å². The molecule has 3 rings (SSSR count). The molecule has 134 valence electrons. The summed E-state index contributed by atoms with van der Waals surface area (Å²) in [7, 11) is 0. The van der Waals surface area contributed by atoms with Crippen molar-refractivity contribution < 1.29 is 4.79 Å². The minimum Gasteiger partial charge on any atom is -0.368 e. The normalized spacial score (nSPS) is 10.5. The van der Waals surface area contributed by atoms with Crippen LogP contribution in [0, 0.1) is 6.92 Å². The highest BCUT2D eigenvalue weighted by molar-refractivity contribution is 5.94. The molecule has 0 unspecified atom stereocenters. The van der Waals surface area contributed by atoms with Gasteiger partial charge in [0.1, 0.15) is 11.6 Å². The van der Waals surface area contributed by atoms with Gasteiger partial charge in [0.05, 0.1) is 0 Å². The maximum absolute atomic E-state index is 12.1. The molecule has 0 bridgehead atoms. The molecule has 0 aliphatic carbocycles. The van der Waals surface area contributed by atoms with E-state index in [0.717, 1.165) is 6.42 Å². The van der Waals surface area contributed by atoms with Crippen molar-refractivity contribution in [3.63, 3.8) is 0 Å². The van der Waals surface area contributed by atoms with Crippen molar-refractivity contribution in [1.82, 2.24) is 25.1 Å².